The maximum atomic E-state index is 12.0. The number of carbonyl (C=O) groups excluding carboxylic acids is 3. The molecule has 1 aromatic rings. The molecule has 2 atom stereocenters. The van der Waals surface area contributed by atoms with E-state index in [1.54, 1.807) is 13.0 Å². The summed E-state index contributed by atoms with van der Waals surface area (Å²) in [6.07, 6.45) is 3.10. The second-order valence-electron chi connectivity index (χ2n) is 5.89. The van der Waals surface area contributed by atoms with Crippen molar-refractivity contribution in [3.05, 3.63) is 24.4 Å². The molecule has 0 aromatic carbocycles. The van der Waals surface area contributed by atoms with Crippen LogP contribution in [0.3, 0.4) is 0 Å². The first-order valence-electron chi connectivity index (χ1n) is 8.26. The molecule has 25 heavy (non-hydrogen) atoms. The lowest BCUT2D eigenvalue weighted by Gasteiger charge is -2.32. The average molecular weight is 348 g/mol. The number of anilines is 1. The van der Waals surface area contributed by atoms with Crippen molar-refractivity contribution in [2.24, 2.45) is 0 Å². The van der Waals surface area contributed by atoms with Crippen LogP contribution in [0, 0.1) is 6.92 Å². The molecule has 0 radical (unpaired) electrons. The van der Waals surface area contributed by atoms with Crippen LogP contribution in [0.1, 0.15) is 38.2 Å². The largest absolute Gasteiger partial charge is 0.344 e. The van der Waals surface area contributed by atoms with Crippen molar-refractivity contribution in [3.8, 4) is 0 Å². The second-order valence-corrected chi connectivity index (χ2v) is 5.89. The number of carbonyl (C=O) groups is 3. The molecule has 0 bridgehead atoms. The van der Waals surface area contributed by atoms with Gasteiger partial charge >= 0.3 is 11.8 Å². The molecule has 1 saturated heterocycles. The van der Waals surface area contributed by atoms with Crippen molar-refractivity contribution in [1.82, 2.24) is 25.7 Å². The lowest BCUT2D eigenvalue weighted by atomic mass is 10.1. The van der Waals surface area contributed by atoms with Gasteiger partial charge in [0.25, 0.3) is 0 Å². The van der Waals surface area contributed by atoms with Crippen molar-refractivity contribution in [2.45, 2.75) is 45.4 Å². The van der Waals surface area contributed by atoms with Gasteiger partial charge in [0.2, 0.25) is 5.91 Å². The summed E-state index contributed by atoms with van der Waals surface area (Å²) in [5.74, 6) is -1.34. The van der Waals surface area contributed by atoms with Crippen LogP contribution in [0.2, 0.25) is 0 Å². The Hall–Kier alpha value is -2.68. The molecule has 0 aliphatic carbocycles. The standard InChI is InChI=1S/C16H24N6O3/c1-4-6-11-9-13(23)20-16(18-11)22-12(8-10(3)21-22)19-15(25)14(24)17-7-5-2/h5,8,11,16,18H,2,4,6-7,9H2,1,3H3,(H,17,24)(H,19,25)(H,20,23). The number of amides is 3. The Morgan fingerprint density at radius 1 is 1.48 bits per heavy atom. The Morgan fingerprint density at radius 2 is 2.24 bits per heavy atom. The van der Waals surface area contributed by atoms with Crippen LogP contribution >= 0.6 is 0 Å². The van der Waals surface area contributed by atoms with Crippen LogP contribution in [-0.2, 0) is 14.4 Å². The van der Waals surface area contributed by atoms with Crippen LogP contribution in [-0.4, -0.2) is 40.1 Å². The SMILES string of the molecule is C=CCNC(=O)C(=O)Nc1cc(C)nn1C1NC(=O)CC(CCC)N1. The number of nitrogens with one attached hydrogen (secondary N) is 4. The van der Waals surface area contributed by atoms with Crippen LogP contribution in [0.15, 0.2) is 18.7 Å². The van der Waals surface area contributed by atoms with Gasteiger partial charge in [0.05, 0.1) is 5.69 Å². The predicted molar refractivity (Wildman–Crippen MR) is 92.4 cm³/mol. The van der Waals surface area contributed by atoms with Crippen molar-refractivity contribution in [2.75, 3.05) is 11.9 Å². The number of aromatic nitrogens is 2. The molecule has 2 rings (SSSR count). The molecular formula is C16H24N6O3. The third-order valence-corrected chi connectivity index (χ3v) is 3.72. The highest BCUT2D eigenvalue weighted by molar-refractivity contribution is 6.39. The van der Waals surface area contributed by atoms with Gasteiger partial charge < -0.3 is 16.0 Å². The molecule has 1 aliphatic rings. The van der Waals surface area contributed by atoms with Crippen LogP contribution in [0.4, 0.5) is 5.82 Å². The van der Waals surface area contributed by atoms with Gasteiger partial charge in [-0.25, -0.2) is 4.68 Å². The van der Waals surface area contributed by atoms with Gasteiger partial charge in [-0.1, -0.05) is 19.4 Å². The fourth-order valence-corrected chi connectivity index (χ4v) is 2.65. The highest BCUT2D eigenvalue weighted by atomic mass is 16.2. The minimum Gasteiger partial charge on any atom is -0.344 e. The van der Waals surface area contributed by atoms with Gasteiger partial charge in [-0.3, -0.25) is 19.7 Å². The van der Waals surface area contributed by atoms with E-state index in [9.17, 15) is 14.4 Å². The first kappa shape index (κ1) is 18.7. The van der Waals surface area contributed by atoms with Gasteiger partial charge in [0, 0.05) is 25.1 Å². The lowest BCUT2D eigenvalue weighted by Crippen LogP contribution is -2.53. The third-order valence-electron chi connectivity index (χ3n) is 3.72. The van der Waals surface area contributed by atoms with E-state index in [4.69, 9.17) is 0 Å². The molecule has 1 aliphatic heterocycles. The third kappa shape index (κ3) is 4.90. The van der Waals surface area contributed by atoms with Gasteiger partial charge in [-0.15, -0.1) is 6.58 Å². The second kappa shape index (κ2) is 8.43. The summed E-state index contributed by atoms with van der Waals surface area (Å²) < 4.78 is 1.47. The van der Waals surface area contributed by atoms with Crippen LogP contribution < -0.4 is 21.3 Å². The van der Waals surface area contributed by atoms with E-state index in [0.717, 1.165) is 12.8 Å². The van der Waals surface area contributed by atoms with Gasteiger partial charge in [0.1, 0.15) is 5.82 Å². The quantitative estimate of drug-likeness (QED) is 0.432. The normalized spacial score (nSPS) is 19.8. The van der Waals surface area contributed by atoms with E-state index in [0.29, 0.717) is 17.9 Å². The van der Waals surface area contributed by atoms with Crippen LogP contribution in [0.5, 0.6) is 0 Å². The lowest BCUT2D eigenvalue weighted by molar-refractivity contribution is -0.136. The average Bonchev–Trinajstić information content (AvgIpc) is 2.92. The highest BCUT2D eigenvalue weighted by Gasteiger charge is 2.29. The molecule has 0 spiro atoms. The Labute approximate surface area is 146 Å². The molecule has 0 saturated carbocycles. The minimum atomic E-state index is -0.810. The van der Waals surface area contributed by atoms with Crippen molar-refractivity contribution in [3.63, 3.8) is 0 Å². The van der Waals surface area contributed by atoms with E-state index < -0.39 is 18.1 Å². The van der Waals surface area contributed by atoms with Gasteiger partial charge in [0.15, 0.2) is 6.29 Å². The zero-order valence-electron chi connectivity index (χ0n) is 14.5. The number of hydrogen-bond donors (Lipinski definition) is 4. The number of rotatable bonds is 6. The maximum Gasteiger partial charge on any atom is 0.314 e. The van der Waals surface area contributed by atoms with Crippen molar-refractivity contribution in [1.29, 1.82) is 0 Å². The van der Waals surface area contributed by atoms with E-state index in [1.807, 2.05) is 0 Å². The molecule has 1 aromatic heterocycles. The topological polar surface area (TPSA) is 117 Å². The molecule has 136 valence electrons. The summed E-state index contributed by atoms with van der Waals surface area (Å²) in [7, 11) is 0. The first-order valence-corrected chi connectivity index (χ1v) is 8.26. The Bertz CT molecular complexity index is 669. The van der Waals surface area contributed by atoms with E-state index in [1.165, 1.54) is 10.8 Å². The highest BCUT2D eigenvalue weighted by Crippen LogP contribution is 2.18. The van der Waals surface area contributed by atoms with Crippen molar-refractivity contribution < 1.29 is 14.4 Å². The zero-order chi connectivity index (χ0) is 18.4. The molecular weight excluding hydrogens is 324 g/mol. The summed E-state index contributed by atoms with van der Waals surface area (Å²) in [6, 6.07) is 1.67. The Balaban J connectivity index is 2.14. The van der Waals surface area contributed by atoms with Gasteiger partial charge in [-0.2, -0.15) is 5.10 Å². The maximum absolute atomic E-state index is 12.0. The van der Waals surface area contributed by atoms with E-state index in [2.05, 4.69) is 39.9 Å². The smallest absolute Gasteiger partial charge is 0.314 e. The summed E-state index contributed by atoms with van der Waals surface area (Å²) in [5.41, 5.74) is 0.649. The molecule has 4 N–H and O–H groups in total. The number of aryl methyl sites for hydroxylation is 1. The first-order chi connectivity index (χ1) is 11.9. The molecule has 2 heterocycles. The monoisotopic (exact) mass is 348 g/mol. The number of hydrogen-bond acceptors (Lipinski definition) is 5. The minimum absolute atomic E-state index is 0.0349. The summed E-state index contributed by atoms with van der Waals surface area (Å²) >= 11 is 0. The molecule has 9 heteroatoms. The van der Waals surface area contributed by atoms with Crippen molar-refractivity contribution >= 4 is 23.5 Å². The molecule has 2 unspecified atom stereocenters. The van der Waals surface area contributed by atoms with Gasteiger partial charge in [-0.05, 0) is 13.3 Å². The summed E-state index contributed by atoms with van der Waals surface area (Å²) in [4.78, 5) is 35.6. The molecule has 1 fully saturated rings. The number of nitrogens with zero attached hydrogens (tertiary/aromatic N) is 2. The van der Waals surface area contributed by atoms with Crippen LogP contribution in [0.25, 0.3) is 0 Å². The fourth-order valence-electron chi connectivity index (χ4n) is 2.65. The zero-order valence-corrected chi connectivity index (χ0v) is 14.5. The molecule has 3 amide bonds. The van der Waals surface area contributed by atoms with E-state index >= 15 is 0 Å². The predicted octanol–water partition coefficient (Wildman–Crippen LogP) is 0.167. The summed E-state index contributed by atoms with van der Waals surface area (Å²) in [6.45, 7) is 7.49. The Morgan fingerprint density at radius 3 is 2.92 bits per heavy atom. The van der Waals surface area contributed by atoms with E-state index in [-0.39, 0.29) is 18.5 Å². The Kier molecular flexibility index (Phi) is 6.29. The summed E-state index contributed by atoms with van der Waals surface area (Å²) in [5, 5.41) is 15.3. The fraction of sp³-hybridized carbons (Fsp3) is 0.500. The molecule has 9 nitrogen and oxygen atoms in total.